The zero-order valence-corrected chi connectivity index (χ0v) is 18.2. The zero-order chi connectivity index (χ0) is 21.3. The van der Waals surface area contributed by atoms with Crippen LogP contribution in [-0.2, 0) is 21.2 Å². The van der Waals surface area contributed by atoms with E-state index in [0.29, 0.717) is 43.6 Å². The summed E-state index contributed by atoms with van der Waals surface area (Å²) in [6.45, 7) is 5.61. The zero-order valence-electron chi connectivity index (χ0n) is 17.4. The normalized spacial score (nSPS) is 24.5. The van der Waals surface area contributed by atoms with Gasteiger partial charge in [-0.3, -0.25) is 4.79 Å². The molecule has 0 spiro atoms. The number of nitrogens with one attached hydrogen (secondary N) is 1. The summed E-state index contributed by atoms with van der Waals surface area (Å²) in [5.41, 5.74) is 1.61. The van der Waals surface area contributed by atoms with Crippen LogP contribution in [0.5, 0.6) is 5.75 Å². The maximum atomic E-state index is 13.0. The van der Waals surface area contributed by atoms with E-state index in [1.54, 1.807) is 28.6 Å². The van der Waals surface area contributed by atoms with Gasteiger partial charge in [0, 0.05) is 18.8 Å². The SMILES string of the molecule is CC1CC(C)CN(S(=O)(=O)c2ccc(NC(=O)C3COc4ccccc4C3)cc2)C1. The van der Waals surface area contributed by atoms with Crippen LogP contribution in [0, 0.1) is 17.8 Å². The minimum atomic E-state index is -3.53. The summed E-state index contributed by atoms with van der Waals surface area (Å²) in [6.07, 6.45) is 1.67. The molecule has 1 N–H and O–H groups in total. The molecule has 2 aliphatic rings. The molecule has 160 valence electrons. The first-order chi connectivity index (χ1) is 14.3. The summed E-state index contributed by atoms with van der Waals surface area (Å²) in [4.78, 5) is 12.9. The third-order valence-electron chi connectivity index (χ3n) is 5.84. The Morgan fingerprint density at radius 2 is 1.70 bits per heavy atom. The van der Waals surface area contributed by atoms with E-state index in [1.165, 1.54) is 0 Å². The Bertz CT molecular complexity index is 1010. The van der Waals surface area contributed by atoms with Gasteiger partial charge in [-0.25, -0.2) is 8.42 Å². The van der Waals surface area contributed by atoms with Crippen molar-refractivity contribution in [3.05, 3.63) is 54.1 Å². The van der Waals surface area contributed by atoms with Crippen LogP contribution >= 0.6 is 0 Å². The Morgan fingerprint density at radius 3 is 2.40 bits per heavy atom. The van der Waals surface area contributed by atoms with Crippen LogP contribution in [0.2, 0.25) is 0 Å². The van der Waals surface area contributed by atoms with Gasteiger partial charge in [0.2, 0.25) is 15.9 Å². The first kappa shape index (κ1) is 20.9. The predicted molar refractivity (Wildman–Crippen MR) is 116 cm³/mol. The van der Waals surface area contributed by atoms with Crippen molar-refractivity contribution in [2.75, 3.05) is 25.0 Å². The first-order valence-corrected chi connectivity index (χ1v) is 11.9. The molecular formula is C23H28N2O4S. The molecule has 1 fully saturated rings. The van der Waals surface area contributed by atoms with Crippen LogP contribution in [-0.4, -0.2) is 38.3 Å². The summed E-state index contributed by atoms with van der Waals surface area (Å²) in [5, 5.41) is 2.89. The van der Waals surface area contributed by atoms with E-state index in [9.17, 15) is 13.2 Å². The molecule has 0 bridgehead atoms. The highest BCUT2D eigenvalue weighted by molar-refractivity contribution is 7.89. The molecule has 2 aliphatic heterocycles. The van der Waals surface area contributed by atoms with E-state index in [-0.39, 0.29) is 16.7 Å². The number of rotatable bonds is 4. The first-order valence-electron chi connectivity index (χ1n) is 10.4. The number of anilines is 1. The molecular weight excluding hydrogens is 400 g/mol. The number of fused-ring (bicyclic) bond motifs is 1. The molecule has 30 heavy (non-hydrogen) atoms. The number of carbonyl (C=O) groups excluding carboxylic acids is 1. The van der Waals surface area contributed by atoms with E-state index in [4.69, 9.17) is 4.74 Å². The molecule has 0 radical (unpaired) electrons. The van der Waals surface area contributed by atoms with Gasteiger partial charge >= 0.3 is 0 Å². The van der Waals surface area contributed by atoms with Crippen molar-refractivity contribution in [3.63, 3.8) is 0 Å². The van der Waals surface area contributed by atoms with Crippen LogP contribution < -0.4 is 10.1 Å². The van der Waals surface area contributed by atoms with Gasteiger partial charge in [0.1, 0.15) is 12.4 Å². The topological polar surface area (TPSA) is 75.7 Å². The van der Waals surface area contributed by atoms with Crippen molar-refractivity contribution < 1.29 is 17.9 Å². The van der Waals surface area contributed by atoms with Crippen molar-refractivity contribution in [3.8, 4) is 5.75 Å². The molecule has 2 heterocycles. The van der Waals surface area contributed by atoms with Crippen LogP contribution in [0.15, 0.2) is 53.4 Å². The molecule has 3 atom stereocenters. The fraction of sp³-hybridized carbons (Fsp3) is 0.435. The monoisotopic (exact) mass is 428 g/mol. The van der Waals surface area contributed by atoms with Gasteiger partial charge in [-0.15, -0.1) is 0 Å². The Hall–Kier alpha value is -2.38. The fourth-order valence-electron chi connectivity index (χ4n) is 4.40. The van der Waals surface area contributed by atoms with E-state index < -0.39 is 10.0 Å². The number of nitrogens with zero attached hydrogens (tertiary/aromatic N) is 1. The second-order valence-corrected chi connectivity index (χ2v) is 10.5. The summed E-state index contributed by atoms with van der Waals surface area (Å²) >= 11 is 0. The number of sulfonamides is 1. The third-order valence-corrected chi connectivity index (χ3v) is 7.69. The summed E-state index contributed by atoms with van der Waals surface area (Å²) in [7, 11) is -3.53. The van der Waals surface area contributed by atoms with Crippen LogP contribution in [0.1, 0.15) is 25.8 Å². The van der Waals surface area contributed by atoms with Gasteiger partial charge in [-0.2, -0.15) is 4.31 Å². The molecule has 2 aromatic rings. The Labute approximate surface area is 178 Å². The molecule has 0 aromatic heterocycles. The van der Waals surface area contributed by atoms with Gasteiger partial charge in [0.15, 0.2) is 0 Å². The lowest BCUT2D eigenvalue weighted by atomic mass is 9.94. The fourth-order valence-corrected chi connectivity index (χ4v) is 6.08. The van der Waals surface area contributed by atoms with Crippen LogP contribution in [0.3, 0.4) is 0 Å². The van der Waals surface area contributed by atoms with E-state index >= 15 is 0 Å². The van der Waals surface area contributed by atoms with Gasteiger partial charge in [0.25, 0.3) is 0 Å². The molecule has 0 aliphatic carbocycles. The number of hydrogen-bond acceptors (Lipinski definition) is 4. The highest BCUT2D eigenvalue weighted by atomic mass is 32.2. The number of carbonyl (C=O) groups is 1. The summed E-state index contributed by atoms with van der Waals surface area (Å²) in [5.74, 6) is 1.13. The maximum Gasteiger partial charge on any atom is 0.243 e. The lowest BCUT2D eigenvalue weighted by molar-refractivity contribution is -0.121. The van der Waals surface area contributed by atoms with Crippen molar-refractivity contribution in [1.82, 2.24) is 4.31 Å². The largest absolute Gasteiger partial charge is 0.492 e. The second-order valence-electron chi connectivity index (χ2n) is 8.60. The molecule has 7 heteroatoms. The standard InChI is InChI=1S/C23H28N2O4S/c1-16-11-17(2)14-25(13-16)30(27,28)21-9-7-20(8-10-21)24-23(26)19-12-18-5-3-4-6-22(18)29-15-19/h3-10,16-17,19H,11-15H2,1-2H3,(H,24,26). The number of para-hydroxylation sites is 1. The summed E-state index contributed by atoms with van der Waals surface area (Å²) in [6, 6.07) is 14.2. The Kier molecular flexibility index (Phi) is 5.84. The van der Waals surface area contributed by atoms with Crippen molar-refractivity contribution in [2.24, 2.45) is 17.8 Å². The van der Waals surface area contributed by atoms with Gasteiger partial charge in [-0.1, -0.05) is 32.0 Å². The quantitative estimate of drug-likeness (QED) is 0.808. The molecule has 0 saturated carbocycles. The number of piperidine rings is 1. The minimum Gasteiger partial charge on any atom is -0.492 e. The molecule has 1 saturated heterocycles. The second kappa shape index (κ2) is 8.40. The Balaban J connectivity index is 1.42. The molecule has 2 aromatic carbocycles. The minimum absolute atomic E-state index is 0.126. The molecule has 3 unspecified atom stereocenters. The Morgan fingerprint density at radius 1 is 1.03 bits per heavy atom. The predicted octanol–water partition coefficient (Wildman–Crippen LogP) is 3.54. The third kappa shape index (κ3) is 4.37. The van der Waals surface area contributed by atoms with E-state index in [0.717, 1.165) is 17.7 Å². The average Bonchev–Trinajstić information content (AvgIpc) is 2.73. The van der Waals surface area contributed by atoms with Gasteiger partial charge in [-0.05, 0) is 60.6 Å². The lowest BCUT2D eigenvalue weighted by Crippen LogP contribution is -2.42. The average molecular weight is 429 g/mol. The molecule has 6 nitrogen and oxygen atoms in total. The van der Waals surface area contributed by atoms with Gasteiger partial charge < -0.3 is 10.1 Å². The van der Waals surface area contributed by atoms with E-state index in [1.807, 2.05) is 24.3 Å². The highest BCUT2D eigenvalue weighted by Gasteiger charge is 2.32. The van der Waals surface area contributed by atoms with Crippen molar-refractivity contribution in [2.45, 2.75) is 31.6 Å². The van der Waals surface area contributed by atoms with E-state index in [2.05, 4.69) is 19.2 Å². The molecule has 4 rings (SSSR count). The number of ether oxygens (including phenoxy) is 1. The highest BCUT2D eigenvalue weighted by Crippen LogP contribution is 2.29. The van der Waals surface area contributed by atoms with Crippen LogP contribution in [0.4, 0.5) is 5.69 Å². The smallest absolute Gasteiger partial charge is 0.243 e. The number of amides is 1. The number of benzene rings is 2. The maximum absolute atomic E-state index is 13.0. The van der Waals surface area contributed by atoms with Crippen LogP contribution in [0.25, 0.3) is 0 Å². The molecule has 1 amide bonds. The van der Waals surface area contributed by atoms with Gasteiger partial charge in [0.05, 0.1) is 10.8 Å². The van der Waals surface area contributed by atoms with Crippen molar-refractivity contribution >= 4 is 21.6 Å². The number of hydrogen-bond donors (Lipinski definition) is 1. The van der Waals surface area contributed by atoms with Crippen molar-refractivity contribution in [1.29, 1.82) is 0 Å². The summed E-state index contributed by atoms with van der Waals surface area (Å²) < 4.78 is 33.3. The lowest BCUT2D eigenvalue weighted by Gasteiger charge is -2.34.